The molecule has 1 saturated carbocycles. The van der Waals surface area contributed by atoms with E-state index in [-0.39, 0.29) is 18.4 Å². The van der Waals surface area contributed by atoms with Crippen molar-refractivity contribution in [3.63, 3.8) is 0 Å². The zero-order valence-electron chi connectivity index (χ0n) is 15.5. The van der Waals surface area contributed by atoms with E-state index in [1.807, 2.05) is 29.8 Å². The number of aromatic nitrogens is 3. The van der Waals surface area contributed by atoms with Gasteiger partial charge in [-0.1, -0.05) is 49.2 Å². The summed E-state index contributed by atoms with van der Waals surface area (Å²) >= 11 is 1.36. The van der Waals surface area contributed by atoms with Crippen molar-refractivity contribution in [1.82, 2.24) is 25.4 Å². The van der Waals surface area contributed by atoms with Gasteiger partial charge in [-0.25, -0.2) is 0 Å². The van der Waals surface area contributed by atoms with Crippen LogP contribution in [0, 0.1) is 0 Å². The molecule has 0 saturated heterocycles. The SMILES string of the molecule is Cn1c(CNC(=O)c2ccccc2)nnc1SCC(=O)NC1CCCCC1. The minimum Gasteiger partial charge on any atom is -0.353 e. The molecular weight excluding hydrogens is 362 g/mol. The van der Waals surface area contributed by atoms with E-state index < -0.39 is 0 Å². The van der Waals surface area contributed by atoms with E-state index in [1.165, 1.54) is 31.0 Å². The first-order chi connectivity index (χ1) is 13.1. The fourth-order valence-corrected chi connectivity index (χ4v) is 3.86. The number of nitrogens with one attached hydrogen (secondary N) is 2. The van der Waals surface area contributed by atoms with E-state index in [4.69, 9.17) is 0 Å². The van der Waals surface area contributed by atoms with Crippen molar-refractivity contribution in [2.24, 2.45) is 7.05 Å². The molecule has 0 bridgehead atoms. The zero-order chi connectivity index (χ0) is 19.1. The number of thioether (sulfide) groups is 1. The Hall–Kier alpha value is -2.35. The van der Waals surface area contributed by atoms with Crippen LogP contribution >= 0.6 is 11.8 Å². The summed E-state index contributed by atoms with van der Waals surface area (Å²) in [6, 6.07) is 9.36. The molecule has 2 aromatic rings. The van der Waals surface area contributed by atoms with Crippen molar-refractivity contribution in [1.29, 1.82) is 0 Å². The number of hydrogen-bond acceptors (Lipinski definition) is 5. The van der Waals surface area contributed by atoms with Gasteiger partial charge in [0.05, 0.1) is 12.3 Å². The Balaban J connectivity index is 1.46. The van der Waals surface area contributed by atoms with Gasteiger partial charge in [0.15, 0.2) is 11.0 Å². The maximum absolute atomic E-state index is 12.1. The maximum Gasteiger partial charge on any atom is 0.251 e. The van der Waals surface area contributed by atoms with Crippen LogP contribution in [0.3, 0.4) is 0 Å². The lowest BCUT2D eigenvalue weighted by Gasteiger charge is -2.22. The number of rotatable bonds is 7. The summed E-state index contributed by atoms with van der Waals surface area (Å²) in [4.78, 5) is 24.2. The third kappa shape index (κ3) is 5.56. The van der Waals surface area contributed by atoms with Gasteiger partial charge in [0, 0.05) is 18.7 Å². The van der Waals surface area contributed by atoms with Crippen LogP contribution in [0.25, 0.3) is 0 Å². The fourth-order valence-electron chi connectivity index (χ4n) is 3.12. The van der Waals surface area contributed by atoms with Crippen LogP contribution in [0.1, 0.15) is 48.3 Å². The smallest absolute Gasteiger partial charge is 0.251 e. The maximum atomic E-state index is 12.1. The molecule has 7 nitrogen and oxygen atoms in total. The normalized spacial score (nSPS) is 14.7. The van der Waals surface area contributed by atoms with Gasteiger partial charge in [-0.05, 0) is 25.0 Å². The predicted octanol–water partition coefficient (Wildman–Crippen LogP) is 2.29. The Morgan fingerprint density at radius 2 is 1.89 bits per heavy atom. The standard InChI is InChI=1S/C19H25N5O2S/c1-24-16(12-20-18(26)14-8-4-2-5-9-14)22-23-19(24)27-13-17(25)21-15-10-6-3-7-11-15/h2,4-5,8-9,15H,3,6-7,10-13H2,1H3,(H,20,26)(H,21,25). The third-order valence-electron chi connectivity index (χ3n) is 4.67. The van der Waals surface area contributed by atoms with E-state index in [0.717, 1.165) is 12.8 Å². The van der Waals surface area contributed by atoms with Crippen LogP contribution < -0.4 is 10.6 Å². The molecule has 8 heteroatoms. The lowest BCUT2D eigenvalue weighted by molar-refractivity contribution is -0.119. The summed E-state index contributed by atoms with van der Waals surface area (Å²) in [5.41, 5.74) is 0.605. The van der Waals surface area contributed by atoms with Crippen LogP contribution in [0.15, 0.2) is 35.5 Å². The number of hydrogen-bond donors (Lipinski definition) is 2. The van der Waals surface area contributed by atoms with Gasteiger partial charge in [0.25, 0.3) is 5.91 Å². The summed E-state index contributed by atoms with van der Waals surface area (Å²) < 4.78 is 1.81. The molecule has 0 spiro atoms. The molecular formula is C19H25N5O2S. The van der Waals surface area contributed by atoms with Gasteiger partial charge in [0.1, 0.15) is 0 Å². The summed E-state index contributed by atoms with van der Waals surface area (Å²) in [6.45, 7) is 0.284. The van der Waals surface area contributed by atoms with Crippen molar-refractivity contribution < 1.29 is 9.59 Å². The summed E-state index contributed by atoms with van der Waals surface area (Å²) in [6.07, 6.45) is 5.81. The molecule has 0 aliphatic heterocycles. The zero-order valence-corrected chi connectivity index (χ0v) is 16.3. The molecule has 1 aliphatic carbocycles. The highest BCUT2D eigenvalue weighted by Crippen LogP contribution is 2.19. The Morgan fingerprint density at radius 3 is 2.63 bits per heavy atom. The number of carbonyl (C=O) groups is 2. The average molecular weight is 388 g/mol. The Bertz CT molecular complexity index is 772. The van der Waals surface area contributed by atoms with Gasteiger partial charge >= 0.3 is 0 Å². The number of nitrogens with zero attached hydrogens (tertiary/aromatic N) is 3. The van der Waals surface area contributed by atoms with Crippen molar-refractivity contribution in [3.8, 4) is 0 Å². The minimum absolute atomic E-state index is 0.0360. The van der Waals surface area contributed by atoms with E-state index in [9.17, 15) is 9.59 Å². The van der Waals surface area contributed by atoms with Crippen molar-refractivity contribution >= 4 is 23.6 Å². The van der Waals surface area contributed by atoms with Crippen molar-refractivity contribution in [2.75, 3.05) is 5.75 Å². The van der Waals surface area contributed by atoms with Gasteiger partial charge in [-0.3, -0.25) is 9.59 Å². The second-order valence-electron chi connectivity index (χ2n) is 6.70. The third-order valence-corrected chi connectivity index (χ3v) is 5.69. The highest BCUT2D eigenvalue weighted by Gasteiger charge is 2.17. The lowest BCUT2D eigenvalue weighted by atomic mass is 9.95. The fraction of sp³-hybridized carbons (Fsp3) is 0.474. The summed E-state index contributed by atoms with van der Waals surface area (Å²) in [5.74, 6) is 0.849. The van der Waals surface area contributed by atoms with E-state index in [0.29, 0.717) is 28.3 Å². The van der Waals surface area contributed by atoms with Crippen LogP contribution in [0.5, 0.6) is 0 Å². The number of benzene rings is 1. The van der Waals surface area contributed by atoms with Gasteiger partial charge in [-0.2, -0.15) is 0 Å². The summed E-state index contributed by atoms with van der Waals surface area (Å²) in [7, 11) is 1.84. The quantitative estimate of drug-likeness (QED) is 0.712. The van der Waals surface area contributed by atoms with Crippen LogP contribution in [-0.2, 0) is 18.4 Å². The molecule has 0 unspecified atom stereocenters. The molecule has 1 aliphatic rings. The van der Waals surface area contributed by atoms with Gasteiger partial charge < -0.3 is 15.2 Å². The molecule has 1 aromatic heterocycles. The molecule has 1 heterocycles. The predicted molar refractivity (Wildman–Crippen MR) is 104 cm³/mol. The van der Waals surface area contributed by atoms with Crippen molar-refractivity contribution in [3.05, 3.63) is 41.7 Å². The first-order valence-corrected chi connectivity index (χ1v) is 10.3. The topological polar surface area (TPSA) is 88.9 Å². The molecule has 2 N–H and O–H groups in total. The average Bonchev–Trinajstić information content (AvgIpc) is 3.05. The Labute approximate surface area is 163 Å². The second kappa shape index (κ2) is 9.55. The van der Waals surface area contributed by atoms with Gasteiger partial charge in [0.2, 0.25) is 5.91 Å². The summed E-state index contributed by atoms with van der Waals surface area (Å²) in [5, 5.41) is 14.9. The molecule has 0 atom stereocenters. The molecule has 3 rings (SSSR count). The molecule has 27 heavy (non-hydrogen) atoms. The largest absolute Gasteiger partial charge is 0.353 e. The molecule has 1 fully saturated rings. The van der Waals surface area contributed by atoms with E-state index >= 15 is 0 Å². The molecule has 0 radical (unpaired) electrons. The van der Waals surface area contributed by atoms with E-state index in [1.54, 1.807) is 12.1 Å². The monoisotopic (exact) mass is 387 g/mol. The van der Waals surface area contributed by atoms with Crippen LogP contribution in [0.4, 0.5) is 0 Å². The second-order valence-corrected chi connectivity index (χ2v) is 7.64. The number of carbonyl (C=O) groups excluding carboxylic acids is 2. The Morgan fingerprint density at radius 1 is 1.15 bits per heavy atom. The lowest BCUT2D eigenvalue weighted by Crippen LogP contribution is -2.37. The first-order valence-electron chi connectivity index (χ1n) is 9.27. The number of amides is 2. The first kappa shape index (κ1) is 19.4. The van der Waals surface area contributed by atoms with Gasteiger partial charge in [-0.15, -0.1) is 10.2 Å². The highest BCUT2D eigenvalue weighted by atomic mass is 32.2. The van der Waals surface area contributed by atoms with Crippen molar-refractivity contribution in [2.45, 2.75) is 49.8 Å². The van der Waals surface area contributed by atoms with E-state index in [2.05, 4.69) is 20.8 Å². The minimum atomic E-state index is -0.153. The highest BCUT2D eigenvalue weighted by molar-refractivity contribution is 7.99. The molecule has 144 valence electrons. The molecule has 2 amide bonds. The van der Waals surface area contributed by atoms with Crippen LogP contribution in [-0.4, -0.2) is 38.4 Å². The Kier molecular flexibility index (Phi) is 6.86. The molecule has 1 aromatic carbocycles. The van der Waals surface area contributed by atoms with Crippen LogP contribution in [0.2, 0.25) is 0 Å².